The lowest BCUT2D eigenvalue weighted by Crippen LogP contribution is -2.29. The molecule has 24 heavy (non-hydrogen) atoms. The molecule has 0 fully saturated rings. The molecule has 0 heterocycles. The highest BCUT2D eigenvalue weighted by Gasteiger charge is 2.04. The average Bonchev–Trinajstić information content (AvgIpc) is 2.55. The first-order valence-corrected chi connectivity index (χ1v) is 10.0. The normalized spacial score (nSPS) is 10.5. The second kappa shape index (κ2) is 10.0. The zero-order valence-corrected chi connectivity index (χ0v) is 16.7. The van der Waals surface area contributed by atoms with Gasteiger partial charge in [-0.25, -0.2) is 4.39 Å². The number of aryl methyl sites for hydroxylation is 1. The van der Waals surface area contributed by atoms with Crippen LogP contribution in [0.3, 0.4) is 0 Å². The Balaban J connectivity index is 1.62. The molecule has 0 aliphatic rings. The van der Waals surface area contributed by atoms with E-state index in [-0.39, 0.29) is 5.82 Å². The van der Waals surface area contributed by atoms with Crippen molar-refractivity contribution >= 4 is 50.7 Å². The van der Waals surface area contributed by atoms with E-state index in [0.717, 1.165) is 24.5 Å². The number of nitrogens with one attached hydrogen (secondary N) is 2. The summed E-state index contributed by atoms with van der Waals surface area (Å²) in [7, 11) is 0. The Labute approximate surface area is 160 Å². The van der Waals surface area contributed by atoms with Gasteiger partial charge in [-0.2, -0.15) is 11.8 Å². The summed E-state index contributed by atoms with van der Waals surface area (Å²) in [6.07, 6.45) is 1.00. The predicted octanol–water partition coefficient (Wildman–Crippen LogP) is 5.51. The largest absolute Gasteiger partial charge is 0.362 e. The fraction of sp³-hybridized carbons (Fsp3) is 0.278. The molecule has 128 valence electrons. The molecular weight excluding hydrogens is 407 g/mol. The highest BCUT2D eigenvalue weighted by Crippen LogP contribution is 2.19. The second-order valence-corrected chi connectivity index (χ2v) is 7.77. The zero-order chi connectivity index (χ0) is 17.4. The van der Waals surface area contributed by atoms with E-state index in [1.165, 1.54) is 17.2 Å². The Morgan fingerprint density at radius 1 is 1.25 bits per heavy atom. The molecule has 2 aromatic rings. The fourth-order valence-electron chi connectivity index (χ4n) is 2.09. The third-order valence-electron chi connectivity index (χ3n) is 3.45. The van der Waals surface area contributed by atoms with Gasteiger partial charge in [-0.3, -0.25) is 0 Å². The summed E-state index contributed by atoms with van der Waals surface area (Å²) >= 11 is 10.3. The van der Waals surface area contributed by atoms with Gasteiger partial charge in [-0.05, 0) is 60.6 Å². The minimum atomic E-state index is -0.331. The van der Waals surface area contributed by atoms with Crippen LogP contribution in [0.15, 0.2) is 46.9 Å². The molecule has 0 radical (unpaired) electrons. The molecule has 2 N–H and O–H groups in total. The standard InChI is InChI=1S/C18H20BrFN2S2/c1-13-5-2-3-6-14(13)12-24-10-4-9-21-18(23)22-17-8-7-15(19)11-16(17)20/h2-3,5-8,11H,4,9-10,12H2,1H3,(H2,21,22,23). The van der Waals surface area contributed by atoms with Crippen LogP contribution in [0.5, 0.6) is 0 Å². The van der Waals surface area contributed by atoms with Gasteiger partial charge in [-0.15, -0.1) is 0 Å². The maximum atomic E-state index is 13.7. The van der Waals surface area contributed by atoms with Crippen molar-refractivity contribution in [2.45, 2.75) is 19.1 Å². The van der Waals surface area contributed by atoms with Crippen LogP contribution in [0.2, 0.25) is 0 Å². The van der Waals surface area contributed by atoms with Gasteiger partial charge >= 0.3 is 0 Å². The van der Waals surface area contributed by atoms with E-state index >= 15 is 0 Å². The third kappa shape index (κ3) is 6.42. The predicted molar refractivity (Wildman–Crippen MR) is 110 cm³/mol. The number of hydrogen-bond donors (Lipinski definition) is 2. The SMILES string of the molecule is Cc1ccccc1CSCCCNC(=S)Nc1ccc(Br)cc1F. The summed E-state index contributed by atoms with van der Waals surface area (Å²) in [6.45, 7) is 2.91. The van der Waals surface area contributed by atoms with E-state index < -0.39 is 0 Å². The number of anilines is 1. The van der Waals surface area contributed by atoms with Crippen molar-refractivity contribution in [3.8, 4) is 0 Å². The molecular formula is C18H20BrFN2S2. The van der Waals surface area contributed by atoms with Gasteiger partial charge in [0.1, 0.15) is 5.82 Å². The maximum Gasteiger partial charge on any atom is 0.170 e. The molecule has 2 rings (SSSR count). The van der Waals surface area contributed by atoms with Crippen LogP contribution in [0.25, 0.3) is 0 Å². The van der Waals surface area contributed by atoms with Crippen molar-refractivity contribution in [1.29, 1.82) is 0 Å². The van der Waals surface area contributed by atoms with Crippen molar-refractivity contribution in [3.63, 3.8) is 0 Å². The fourth-order valence-corrected chi connectivity index (χ4v) is 3.67. The van der Waals surface area contributed by atoms with E-state index in [1.54, 1.807) is 12.1 Å². The van der Waals surface area contributed by atoms with Crippen LogP contribution in [-0.4, -0.2) is 17.4 Å². The first kappa shape index (κ1) is 19.2. The monoisotopic (exact) mass is 426 g/mol. The number of benzene rings is 2. The first-order chi connectivity index (χ1) is 11.6. The molecule has 0 unspecified atom stereocenters. The average molecular weight is 427 g/mol. The van der Waals surface area contributed by atoms with Crippen molar-refractivity contribution in [1.82, 2.24) is 5.32 Å². The summed E-state index contributed by atoms with van der Waals surface area (Å²) in [4.78, 5) is 0. The minimum absolute atomic E-state index is 0.331. The van der Waals surface area contributed by atoms with Crippen LogP contribution < -0.4 is 10.6 Å². The lowest BCUT2D eigenvalue weighted by atomic mass is 10.1. The van der Waals surface area contributed by atoms with Crippen LogP contribution >= 0.6 is 39.9 Å². The minimum Gasteiger partial charge on any atom is -0.362 e. The second-order valence-electron chi connectivity index (χ2n) is 5.34. The van der Waals surface area contributed by atoms with Crippen LogP contribution in [-0.2, 0) is 5.75 Å². The molecule has 0 amide bonds. The number of rotatable bonds is 7. The van der Waals surface area contributed by atoms with Gasteiger partial charge in [0.15, 0.2) is 5.11 Å². The number of halogens is 2. The Morgan fingerprint density at radius 2 is 2.04 bits per heavy atom. The van der Waals surface area contributed by atoms with Gasteiger partial charge < -0.3 is 10.6 Å². The quantitative estimate of drug-likeness (QED) is 0.450. The number of thioether (sulfide) groups is 1. The molecule has 0 bridgehead atoms. The highest BCUT2D eigenvalue weighted by molar-refractivity contribution is 9.10. The van der Waals surface area contributed by atoms with Crippen molar-refractivity contribution < 1.29 is 4.39 Å². The summed E-state index contributed by atoms with van der Waals surface area (Å²) in [5.41, 5.74) is 3.10. The molecule has 6 heteroatoms. The third-order valence-corrected chi connectivity index (χ3v) is 5.28. The molecule has 2 aromatic carbocycles. The Morgan fingerprint density at radius 3 is 2.79 bits per heavy atom. The molecule has 0 aromatic heterocycles. The van der Waals surface area contributed by atoms with Gasteiger partial charge in [0, 0.05) is 16.8 Å². The van der Waals surface area contributed by atoms with Crippen LogP contribution in [0.4, 0.5) is 10.1 Å². The van der Waals surface area contributed by atoms with Gasteiger partial charge in [0.2, 0.25) is 0 Å². The van der Waals surface area contributed by atoms with Crippen molar-refractivity contribution in [3.05, 3.63) is 63.9 Å². The Kier molecular flexibility index (Phi) is 8.02. The van der Waals surface area contributed by atoms with Gasteiger partial charge in [0.25, 0.3) is 0 Å². The lowest BCUT2D eigenvalue weighted by Gasteiger charge is -2.11. The lowest BCUT2D eigenvalue weighted by molar-refractivity contribution is 0.631. The van der Waals surface area contributed by atoms with E-state index in [9.17, 15) is 4.39 Å². The molecule has 0 aliphatic heterocycles. The summed E-state index contributed by atoms with van der Waals surface area (Å²) in [6, 6.07) is 13.3. The topological polar surface area (TPSA) is 24.1 Å². The van der Waals surface area contributed by atoms with E-state index in [4.69, 9.17) is 12.2 Å². The molecule has 0 atom stereocenters. The van der Waals surface area contributed by atoms with E-state index in [2.05, 4.69) is 57.8 Å². The summed E-state index contributed by atoms with van der Waals surface area (Å²) in [5.74, 6) is 1.75. The molecule has 2 nitrogen and oxygen atoms in total. The maximum absolute atomic E-state index is 13.7. The van der Waals surface area contributed by atoms with E-state index in [1.807, 2.05) is 11.8 Å². The molecule has 0 aliphatic carbocycles. The Bertz CT molecular complexity index is 694. The first-order valence-electron chi connectivity index (χ1n) is 7.68. The van der Waals surface area contributed by atoms with Crippen LogP contribution in [0.1, 0.15) is 17.5 Å². The van der Waals surface area contributed by atoms with Gasteiger partial charge in [0.05, 0.1) is 5.69 Å². The molecule has 0 saturated heterocycles. The Hall–Kier alpha value is -1.11. The van der Waals surface area contributed by atoms with E-state index in [0.29, 0.717) is 15.3 Å². The smallest absolute Gasteiger partial charge is 0.170 e. The highest BCUT2D eigenvalue weighted by atomic mass is 79.9. The summed E-state index contributed by atoms with van der Waals surface area (Å²) < 4.78 is 14.4. The molecule has 0 saturated carbocycles. The summed E-state index contributed by atoms with van der Waals surface area (Å²) in [5, 5.41) is 6.44. The molecule has 0 spiro atoms. The van der Waals surface area contributed by atoms with Crippen molar-refractivity contribution in [2.75, 3.05) is 17.6 Å². The number of thiocarbonyl (C=S) groups is 1. The number of hydrogen-bond acceptors (Lipinski definition) is 2. The van der Waals surface area contributed by atoms with Gasteiger partial charge in [-0.1, -0.05) is 40.2 Å². The van der Waals surface area contributed by atoms with Crippen molar-refractivity contribution in [2.24, 2.45) is 0 Å². The van der Waals surface area contributed by atoms with Crippen LogP contribution in [0, 0.1) is 12.7 Å². The zero-order valence-electron chi connectivity index (χ0n) is 13.4.